The number of amides is 2. The molecular weight excluding hydrogens is 1290 g/mol. The van der Waals surface area contributed by atoms with Crippen molar-refractivity contribution in [3.05, 3.63) is 110 Å². The summed E-state index contributed by atoms with van der Waals surface area (Å²) >= 11 is 0. The van der Waals surface area contributed by atoms with Gasteiger partial charge in [-0.05, 0) is 221 Å². The number of nitrogen functional groups attached to an aromatic ring is 1. The molecule has 6 saturated heterocycles. The number of hydrogen-bond donors (Lipinski definition) is 3. The van der Waals surface area contributed by atoms with Gasteiger partial charge < -0.3 is 30.6 Å². The Bertz CT molecular complexity index is 3550. The summed E-state index contributed by atoms with van der Waals surface area (Å²) in [6.45, 7) is 5.70. The Morgan fingerprint density at radius 2 is 0.814 bits per heavy atom. The molecule has 6 saturated carbocycles. The van der Waals surface area contributed by atoms with E-state index in [9.17, 15) is 38.9 Å². The highest BCUT2D eigenvalue weighted by Gasteiger charge is 2.49. The van der Waals surface area contributed by atoms with Crippen LogP contribution in [0.3, 0.4) is 0 Å². The van der Waals surface area contributed by atoms with Gasteiger partial charge in [0.1, 0.15) is 5.56 Å². The van der Waals surface area contributed by atoms with Crippen molar-refractivity contribution in [1.29, 1.82) is 0 Å². The van der Waals surface area contributed by atoms with Crippen molar-refractivity contribution < 1.29 is 43.1 Å². The molecule has 1 aromatic heterocycles. The molecule has 16 rings (SSSR count). The van der Waals surface area contributed by atoms with Crippen LogP contribution < -0.4 is 21.9 Å². The van der Waals surface area contributed by atoms with Gasteiger partial charge in [-0.25, -0.2) is 19.4 Å². The van der Waals surface area contributed by atoms with Crippen LogP contribution >= 0.6 is 0 Å². The molecule has 102 heavy (non-hydrogen) atoms. The number of para-hydroxylation sites is 3. The Hall–Kier alpha value is -6.77. The highest BCUT2D eigenvalue weighted by Crippen LogP contribution is 2.50. The summed E-state index contributed by atoms with van der Waals surface area (Å²) < 4.78 is 15.7. The number of nitro benzene ring substituents is 1. The van der Waals surface area contributed by atoms with Crippen molar-refractivity contribution in [2.75, 3.05) is 25.6 Å². The van der Waals surface area contributed by atoms with E-state index in [0.29, 0.717) is 70.5 Å². The van der Waals surface area contributed by atoms with Crippen molar-refractivity contribution >= 4 is 52.0 Å². The Morgan fingerprint density at radius 3 is 1.23 bits per heavy atom. The maximum absolute atomic E-state index is 13.7. The van der Waals surface area contributed by atoms with Gasteiger partial charge in [-0.1, -0.05) is 113 Å². The fourth-order valence-corrected chi connectivity index (χ4v) is 22.5. The van der Waals surface area contributed by atoms with Gasteiger partial charge in [-0.15, -0.1) is 0 Å². The van der Waals surface area contributed by atoms with E-state index in [1.54, 1.807) is 49.6 Å². The molecule has 2 amide bonds. The van der Waals surface area contributed by atoms with Gasteiger partial charge in [0.15, 0.2) is 0 Å². The van der Waals surface area contributed by atoms with E-state index >= 15 is 0 Å². The number of rotatable bonds is 13. The van der Waals surface area contributed by atoms with E-state index < -0.39 is 22.8 Å². The number of nitrogens with one attached hydrogen (secondary N) is 2. The summed E-state index contributed by atoms with van der Waals surface area (Å²) in [5.74, 6) is 3.19. The first-order valence-electron chi connectivity index (χ1n) is 40.1. The molecule has 4 aromatic rings. The molecule has 12 fully saturated rings. The molecule has 6 aliphatic carbocycles. The Morgan fingerprint density at radius 1 is 0.451 bits per heavy atom. The smallest absolute Gasteiger partial charge is 0.417 e. The van der Waals surface area contributed by atoms with Gasteiger partial charge in [0, 0.05) is 84.3 Å². The number of carbonyl (C=O) groups excluding carboxylic acids is 5. The predicted octanol–water partition coefficient (Wildman–Crippen LogP) is 14.2. The van der Waals surface area contributed by atoms with E-state index in [2.05, 4.69) is 39.8 Å². The molecule has 554 valence electrons. The number of nitro groups is 1. The number of ether oxygens (including phenoxy) is 3. The van der Waals surface area contributed by atoms with Crippen LogP contribution in [0.25, 0.3) is 10.9 Å². The zero-order valence-corrected chi connectivity index (χ0v) is 61.0. The second-order valence-electron chi connectivity index (χ2n) is 32.7. The highest BCUT2D eigenvalue weighted by atomic mass is 16.6. The quantitative estimate of drug-likeness (QED) is 0.0281. The number of esters is 3. The molecule has 0 spiro atoms. The molecule has 20 nitrogen and oxygen atoms in total. The number of benzene rings is 3. The summed E-state index contributed by atoms with van der Waals surface area (Å²) in [6.07, 6.45) is 43.1. The molecule has 20 heteroatoms. The SMILES string of the molecule is CCOC(=O)C(=O)OCC.CCOC(=O)c1nc2ccccc2c(=O)n1C1C[C@H]2CCC[C@@H](C1)N2C1C[C@H]2CCC[C@@H](C1)C2.Nc1ccccc1C(=O)NC1C[C@H]2CCC[C@@H](C1)N2C1C[C@H]2CCC[C@@H](C1)C2.O=C(NC1C[C@H]2CCC[C@@H](C1)N2C1C[C@H]2CCC[C@@H](C1)C2)c1ccccc1[N+](=O)[O-]. The molecule has 18 atom stereocenters. The second-order valence-corrected chi connectivity index (χ2v) is 32.7. The number of hydrogen-bond acceptors (Lipinski definition) is 16. The van der Waals surface area contributed by atoms with Crippen molar-refractivity contribution in [3.63, 3.8) is 0 Å². The van der Waals surface area contributed by atoms with Gasteiger partial charge >= 0.3 is 17.9 Å². The Labute approximate surface area is 603 Å². The molecule has 12 aliphatic rings. The fourth-order valence-electron chi connectivity index (χ4n) is 22.5. The second kappa shape index (κ2) is 34.0. The van der Waals surface area contributed by atoms with Crippen LogP contribution in [0.5, 0.6) is 0 Å². The monoisotopic (exact) mass is 1400 g/mol. The standard InChI is InChI=1S/C28H37N3O3.C24H33N3O3.C24H35N3O.C6H10O4/c1-2-34-28(33)26-29-25-12-4-3-11-24(25)27(32)31(26)23-16-20-9-6-10-21(17-23)30(20)22-14-18-7-5-8-19(13-18)15-22;28-24(22-9-1-2-10-23(22)27(29)30)25-18-14-19-7-4-8-20(15-18)26(19)21-12-16-5-3-6-17(11-16)13-21;25-23-10-2-1-9-22(23)24(28)26-18-14-19-7-4-8-20(15-18)27(19)21-12-16-5-3-6-17(11-16)13-21;1-3-9-5(7)6(8)10-4-2/h3-4,11-12,18-23H,2,5-10,13-17H2,1H3;1-2,9-10,16-21H,3-8,11-15H2,(H,25,28);1-2,9-10,16-21H,3-8,11-15,25H2,(H,26,28);3-4H2,1-2H3/t18-,19+,20-,21+,22?,23?;2*16-,17+,18?,19-,20+,21?;. The lowest BCUT2D eigenvalue weighted by Gasteiger charge is -2.55. The predicted molar refractivity (Wildman–Crippen MR) is 394 cm³/mol. The van der Waals surface area contributed by atoms with Crippen LogP contribution in [-0.4, -0.2) is 145 Å². The number of anilines is 1. The summed E-state index contributed by atoms with van der Waals surface area (Å²) in [6, 6.07) is 27.1. The number of aromatic nitrogens is 2. The van der Waals surface area contributed by atoms with Crippen LogP contribution in [-0.2, 0) is 23.8 Å². The lowest BCUT2D eigenvalue weighted by molar-refractivity contribution is -0.385. The molecule has 6 unspecified atom stereocenters. The first kappa shape index (κ1) is 73.5. The lowest BCUT2D eigenvalue weighted by atomic mass is 9.68. The maximum Gasteiger partial charge on any atom is 0.417 e. The van der Waals surface area contributed by atoms with Gasteiger partial charge in [-0.2, -0.15) is 0 Å². The first-order valence-corrected chi connectivity index (χ1v) is 40.1. The van der Waals surface area contributed by atoms with Gasteiger partial charge in [0.25, 0.3) is 23.1 Å². The third-order valence-electron chi connectivity index (χ3n) is 26.2. The third kappa shape index (κ3) is 17.1. The van der Waals surface area contributed by atoms with E-state index in [-0.39, 0.29) is 66.4 Å². The number of nitrogens with zero attached hydrogens (tertiary/aromatic N) is 6. The molecule has 7 heterocycles. The lowest BCUT2D eigenvalue weighted by Crippen LogP contribution is -2.61. The summed E-state index contributed by atoms with van der Waals surface area (Å²) in [7, 11) is 0. The van der Waals surface area contributed by atoms with Gasteiger partial charge in [0.05, 0.1) is 41.2 Å². The van der Waals surface area contributed by atoms with E-state index in [1.807, 2.05) is 42.5 Å². The first-order chi connectivity index (χ1) is 49.6. The third-order valence-corrected chi connectivity index (χ3v) is 26.2. The highest BCUT2D eigenvalue weighted by molar-refractivity contribution is 6.29. The fraction of sp³-hybridized carbons (Fsp3) is 0.695. The van der Waals surface area contributed by atoms with E-state index in [1.165, 1.54) is 179 Å². The summed E-state index contributed by atoms with van der Waals surface area (Å²) in [5, 5.41) is 18.4. The van der Waals surface area contributed by atoms with Crippen LogP contribution in [0.1, 0.15) is 270 Å². The largest absolute Gasteiger partial charge is 0.460 e. The number of nitrogens with two attached hydrogens (primary N) is 1. The minimum absolute atomic E-state index is 0.00125. The average Bonchev–Trinajstić information content (AvgIpc) is 0.754. The molecule has 6 aliphatic heterocycles. The zero-order chi connectivity index (χ0) is 71.0. The van der Waals surface area contributed by atoms with Crippen LogP contribution in [0.15, 0.2) is 77.6 Å². The molecule has 4 N–H and O–H groups in total. The number of carbonyl (C=O) groups is 5. The summed E-state index contributed by atoms with van der Waals surface area (Å²) in [5.41, 5.74) is 7.74. The van der Waals surface area contributed by atoms with Gasteiger partial charge in [0.2, 0.25) is 5.82 Å². The molecule has 3 aromatic carbocycles. The van der Waals surface area contributed by atoms with Crippen molar-refractivity contribution in [2.24, 2.45) is 35.5 Å². The van der Waals surface area contributed by atoms with Crippen molar-refractivity contribution in [3.8, 4) is 0 Å². The maximum atomic E-state index is 13.7. The number of piperidine rings is 6. The van der Waals surface area contributed by atoms with Crippen molar-refractivity contribution in [2.45, 2.75) is 305 Å². The summed E-state index contributed by atoms with van der Waals surface area (Å²) in [4.78, 5) is 97.3. The van der Waals surface area contributed by atoms with Gasteiger partial charge in [-0.3, -0.25) is 43.8 Å². The minimum Gasteiger partial charge on any atom is -0.460 e. The topological polar surface area (TPSA) is 251 Å². The van der Waals surface area contributed by atoms with Crippen LogP contribution in [0.2, 0.25) is 0 Å². The van der Waals surface area contributed by atoms with Crippen LogP contribution in [0, 0.1) is 45.6 Å². The molecule has 12 bridgehead atoms. The number of fused-ring (bicyclic) bond motifs is 13. The molecular formula is C82H115N9O11. The normalized spacial score (nSPS) is 33.1. The minimum atomic E-state index is -0.927. The molecule has 0 radical (unpaired) electrons. The average molecular weight is 1400 g/mol. The Kier molecular flexibility index (Phi) is 24.5. The van der Waals surface area contributed by atoms with Crippen LogP contribution in [0.4, 0.5) is 11.4 Å². The Balaban J connectivity index is 0.000000128. The van der Waals surface area contributed by atoms with E-state index in [4.69, 9.17) is 10.5 Å². The van der Waals surface area contributed by atoms with Crippen molar-refractivity contribution in [1.82, 2.24) is 34.9 Å². The zero-order valence-electron chi connectivity index (χ0n) is 61.0. The van der Waals surface area contributed by atoms with E-state index in [0.717, 1.165) is 86.1 Å².